The van der Waals surface area contributed by atoms with Crippen molar-refractivity contribution in [3.63, 3.8) is 0 Å². The van der Waals surface area contributed by atoms with Gasteiger partial charge in [0.1, 0.15) is 28.0 Å². The van der Waals surface area contributed by atoms with Gasteiger partial charge in [-0.2, -0.15) is 0 Å². The number of rotatable bonds is 7. The number of carbonyl (C=O) groups is 2. The number of thiazole rings is 1. The molecule has 0 spiro atoms. The second kappa shape index (κ2) is 10.1. The number of nitrogens with zero attached hydrogens (tertiary/aromatic N) is 1. The van der Waals surface area contributed by atoms with Gasteiger partial charge in [-0.25, -0.2) is 9.37 Å². The summed E-state index contributed by atoms with van der Waals surface area (Å²) in [5.41, 5.74) is 1.94. The van der Waals surface area contributed by atoms with E-state index in [1.165, 1.54) is 36.6 Å². The summed E-state index contributed by atoms with van der Waals surface area (Å²) in [6.07, 6.45) is 0. The van der Waals surface area contributed by atoms with Gasteiger partial charge in [0.15, 0.2) is 0 Å². The molecule has 2 amide bonds. The van der Waals surface area contributed by atoms with Crippen molar-refractivity contribution in [1.82, 2.24) is 4.98 Å². The fourth-order valence-electron chi connectivity index (χ4n) is 3.23. The molecule has 3 aromatic carbocycles. The van der Waals surface area contributed by atoms with E-state index in [-0.39, 0.29) is 11.3 Å². The van der Waals surface area contributed by atoms with E-state index in [9.17, 15) is 14.0 Å². The van der Waals surface area contributed by atoms with Crippen LogP contribution >= 0.6 is 11.3 Å². The van der Waals surface area contributed by atoms with E-state index < -0.39 is 17.6 Å². The molecule has 0 aliphatic rings. The van der Waals surface area contributed by atoms with Gasteiger partial charge in [-0.1, -0.05) is 18.2 Å². The van der Waals surface area contributed by atoms with Gasteiger partial charge >= 0.3 is 0 Å². The van der Waals surface area contributed by atoms with E-state index in [1.807, 2.05) is 24.3 Å². The van der Waals surface area contributed by atoms with Crippen molar-refractivity contribution in [2.24, 2.45) is 0 Å². The first-order chi connectivity index (χ1) is 16.5. The largest absolute Gasteiger partial charge is 0.496 e. The Balaban J connectivity index is 1.52. The summed E-state index contributed by atoms with van der Waals surface area (Å²) >= 11 is 1.33. The second-order valence-electron chi connectivity index (χ2n) is 7.07. The molecule has 4 rings (SSSR count). The number of amides is 2. The van der Waals surface area contributed by atoms with Crippen LogP contribution in [0.3, 0.4) is 0 Å². The summed E-state index contributed by atoms with van der Waals surface area (Å²) in [6.45, 7) is 0. The zero-order valence-corrected chi connectivity index (χ0v) is 19.1. The third kappa shape index (κ3) is 5.05. The molecular formula is C25H20FN3O4S. The average molecular weight is 478 g/mol. The van der Waals surface area contributed by atoms with Crippen molar-refractivity contribution in [3.05, 3.63) is 89.2 Å². The van der Waals surface area contributed by atoms with Gasteiger partial charge in [0.2, 0.25) is 0 Å². The van der Waals surface area contributed by atoms with E-state index in [1.54, 1.807) is 30.7 Å². The first-order valence-corrected chi connectivity index (χ1v) is 11.0. The summed E-state index contributed by atoms with van der Waals surface area (Å²) in [6, 6.07) is 17.6. The molecular weight excluding hydrogens is 457 g/mol. The molecule has 0 bridgehead atoms. The molecule has 0 unspecified atom stereocenters. The standard InChI is InChI=1S/C25H20FN3O4S/c1-32-21-9-4-3-8-18(21)25-29-20(14-34-25)24(31)27-17-10-11-22(33-2)19(13-17)28-23(30)15-6-5-7-16(26)12-15/h3-14H,1-2H3,(H,27,31)(H,28,30). The Morgan fingerprint density at radius 1 is 0.882 bits per heavy atom. The highest BCUT2D eigenvalue weighted by Crippen LogP contribution is 2.32. The Morgan fingerprint density at radius 3 is 2.44 bits per heavy atom. The van der Waals surface area contributed by atoms with Crippen molar-refractivity contribution in [3.8, 4) is 22.1 Å². The van der Waals surface area contributed by atoms with Gasteiger partial charge < -0.3 is 20.1 Å². The van der Waals surface area contributed by atoms with Crippen LogP contribution in [-0.2, 0) is 0 Å². The number of hydrogen-bond acceptors (Lipinski definition) is 6. The molecule has 0 atom stereocenters. The van der Waals surface area contributed by atoms with Crippen LogP contribution in [0.2, 0.25) is 0 Å². The quantitative estimate of drug-likeness (QED) is 0.368. The van der Waals surface area contributed by atoms with Gasteiger partial charge in [0.25, 0.3) is 11.8 Å². The van der Waals surface area contributed by atoms with Crippen LogP contribution in [-0.4, -0.2) is 31.0 Å². The maximum Gasteiger partial charge on any atom is 0.275 e. The monoisotopic (exact) mass is 477 g/mol. The highest BCUT2D eigenvalue weighted by molar-refractivity contribution is 7.13. The van der Waals surface area contributed by atoms with E-state index in [0.29, 0.717) is 27.9 Å². The lowest BCUT2D eigenvalue weighted by Gasteiger charge is -2.13. The number of para-hydroxylation sites is 1. The molecule has 7 nitrogen and oxygen atoms in total. The van der Waals surface area contributed by atoms with E-state index in [4.69, 9.17) is 9.47 Å². The van der Waals surface area contributed by atoms with Gasteiger partial charge in [-0.3, -0.25) is 9.59 Å². The molecule has 9 heteroatoms. The van der Waals surface area contributed by atoms with Crippen molar-refractivity contribution < 1.29 is 23.5 Å². The summed E-state index contributed by atoms with van der Waals surface area (Å²) < 4.78 is 24.1. The third-order valence-corrected chi connectivity index (χ3v) is 5.74. The SMILES string of the molecule is COc1ccc(NC(=O)c2csc(-c3ccccc3OC)n2)cc1NC(=O)c1cccc(F)c1. The minimum atomic E-state index is -0.517. The Morgan fingerprint density at radius 2 is 1.68 bits per heavy atom. The Kier molecular flexibility index (Phi) is 6.84. The maximum absolute atomic E-state index is 13.5. The van der Waals surface area contributed by atoms with Gasteiger partial charge in [-0.15, -0.1) is 11.3 Å². The van der Waals surface area contributed by atoms with Crippen LogP contribution in [0, 0.1) is 5.82 Å². The van der Waals surface area contributed by atoms with E-state index in [2.05, 4.69) is 15.6 Å². The number of anilines is 2. The number of hydrogen-bond donors (Lipinski definition) is 2. The summed E-state index contributed by atoms with van der Waals surface area (Å²) in [7, 11) is 3.04. The summed E-state index contributed by atoms with van der Waals surface area (Å²) in [5, 5.41) is 7.77. The van der Waals surface area contributed by atoms with E-state index in [0.717, 1.165) is 11.6 Å². The van der Waals surface area contributed by atoms with Crippen LogP contribution in [0.4, 0.5) is 15.8 Å². The predicted octanol–water partition coefficient (Wildman–Crippen LogP) is 5.47. The number of aromatic nitrogens is 1. The summed E-state index contributed by atoms with van der Waals surface area (Å²) in [5.74, 6) is -0.393. The Bertz CT molecular complexity index is 1360. The lowest BCUT2D eigenvalue weighted by atomic mass is 10.2. The number of benzene rings is 3. The molecule has 1 aromatic heterocycles. The molecule has 0 fully saturated rings. The topological polar surface area (TPSA) is 89.6 Å². The molecule has 4 aromatic rings. The highest BCUT2D eigenvalue weighted by atomic mass is 32.1. The van der Waals surface area contributed by atoms with Gasteiger partial charge in [0.05, 0.1) is 25.5 Å². The van der Waals surface area contributed by atoms with Crippen molar-refractivity contribution >= 4 is 34.5 Å². The second-order valence-corrected chi connectivity index (χ2v) is 7.93. The van der Waals surface area contributed by atoms with Crippen molar-refractivity contribution in [1.29, 1.82) is 0 Å². The Hall–Kier alpha value is -4.24. The number of halogens is 1. The molecule has 1 heterocycles. The highest BCUT2D eigenvalue weighted by Gasteiger charge is 2.16. The van der Waals surface area contributed by atoms with Crippen LogP contribution in [0.25, 0.3) is 10.6 Å². The molecule has 34 heavy (non-hydrogen) atoms. The van der Waals surface area contributed by atoms with Gasteiger partial charge in [-0.05, 0) is 48.5 Å². The van der Waals surface area contributed by atoms with Crippen LogP contribution in [0.15, 0.2) is 72.1 Å². The first-order valence-electron chi connectivity index (χ1n) is 10.1. The van der Waals surface area contributed by atoms with Crippen LogP contribution < -0.4 is 20.1 Å². The zero-order chi connectivity index (χ0) is 24.1. The lowest BCUT2D eigenvalue weighted by molar-refractivity contribution is 0.101. The average Bonchev–Trinajstić information content (AvgIpc) is 3.34. The molecule has 2 N–H and O–H groups in total. The van der Waals surface area contributed by atoms with Crippen LogP contribution in [0.5, 0.6) is 11.5 Å². The fraction of sp³-hybridized carbons (Fsp3) is 0.0800. The molecule has 172 valence electrons. The zero-order valence-electron chi connectivity index (χ0n) is 18.3. The summed E-state index contributed by atoms with van der Waals surface area (Å²) in [4.78, 5) is 29.8. The number of methoxy groups -OCH3 is 2. The number of carbonyl (C=O) groups excluding carboxylic acids is 2. The predicted molar refractivity (Wildman–Crippen MR) is 129 cm³/mol. The minimum Gasteiger partial charge on any atom is -0.496 e. The van der Waals surface area contributed by atoms with E-state index >= 15 is 0 Å². The molecule has 0 aliphatic heterocycles. The third-order valence-electron chi connectivity index (χ3n) is 4.87. The molecule has 0 radical (unpaired) electrons. The number of ether oxygens (including phenoxy) is 2. The Labute approximate surface area is 199 Å². The van der Waals surface area contributed by atoms with Gasteiger partial charge in [0, 0.05) is 16.6 Å². The minimum absolute atomic E-state index is 0.155. The van der Waals surface area contributed by atoms with Crippen LogP contribution in [0.1, 0.15) is 20.8 Å². The van der Waals surface area contributed by atoms with Crippen molar-refractivity contribution in [2.75, 3.05) is 24.9 Å². The smallest absolute Gasteiger partial charge is 0.275 e. The maximum atomic E-state index is 13.5. The molecule has 0 saturated carbocycles. The molecule has 0 aliphatic carbocycles. The fourth-order valence-corrected chi connectivity index (χ4v) is 4.06. The van der Waals surface area contributed by atoms with Crippen molar-refractivity contribution in [2.45, 2.75) is 0 Å². The normalized spacial score (nSPS) is 10.4. The molecule has 0 saturated heterocycles. The number of nitrogens with one attached hydrogen (secondary N) is 2. The first kappa shape index (κ1) is 22.9. The lowest BCUT2D eigenvalue weighted by Crippen LogP contribution is -2.15.